The minimum Gasteiger partial charge on any atom is -0.396 e. The molecule has 0 aliphatic heterocycles. The summed E-state index contributed by atoms with van der Waals surface area (Å²) in [6.45, 7) is 2.40. The van der Waals surface area contributed by atoms with Crippen LogP contribution in [0, 0.1) is 0 Å². The van der Waals surface area contributed by atoms with Crippen molar-refractivity contribution in [3.05, 3.63) is 16.1 Å². The van der Waals surface area contributed by atoms with Gasteiger partial charge < -0.3 is 10.4 Å². The summed E-state index contributed by atoms with van der Waals surface area (Å²) < 4.78 is 0. The highest BCUT2D eigenvalue weighted by atomic mass is 32.1. The summed E-state index contributed by atoms with van der Waals surface area (Å²) in [4.78, 5) is 4.50. The molecule has 80 valence electrons. The number of likely N-dealkylation sites (N-methyl/N-ethyl adjacent to an activating group) is 1. The molecule has 14 heavy (non-hydrogen) atoms. The van der Waals surface area contributed by atoms with Crippen LogP contribution < -0.4 is 5.32 Å². The SMILES string of the molecule is CNC(C)Cc1csc(CCCO)n1. The molecule has 0 saturated heterocycles. The molecule has 0 radical (unpaired) electrons. The Morgan fingerprint density at radius 3 is 3.07 bits per heavy atom. The first kappa shape index (κ1) is 11.6. The Labute approximate surface area is 89.2 Å². The average Bonchev–Trinajstić information content (AvgIpc) is 2.62. The van der Waals surface area contributed by atoms with Gasteiger partial charge in [0.05, 0.1) is 10.7 Å². The highest BCUT2D eigenvalue weighted by molar-refractivity contribution is 7.09. The van der Waals surface area contributed by atoms with Gasteiger partial charge in [0.2, 0.25) is 0 Å². The third kappa shape index (κ3) is 3.74. The largest absolute Gasteiger partial charge is 0.396 e. The maximum Gasteiger partial charge on any atom is 0.0929 e. The van der Waals surface area contributed by atoms with E-state index in [4.69, 9.17) is 5.11 Å². The van der Waals surface area contributed by atoms with E-state index < -0.39 is 0 Å². The van der Waals surface area contributed by atoms with E-state index in [0.29, 0.717) is 6.04 Å². The van der Waals surface area contributed by atoms with E-state index in [-0.39, 0.29) is 6.61 Å². The summed E-state index contributed by atoms with van der Waals surface area (Å²) >= 11 is 1.69. The van der Waals surface area contributed by atoms with Crippen LogP contribution in [0.5, 0.6) is 0 Å². The molecule has 1 unspecified atom stereocenters. The van der Waals surface area contributed by atoms with Crippen LogP contribution in [0.2, 0.25) is 0 Å². The van der Waals surface area contributed by atoms with Crippen molar-refractivity contribution in [1.29, 1.82) is 0 Å². The monoisotopic (exact) mass is 214 g/mol. The van der Waals surface area contributed by atoms with Crippen LogP contribution in [-0.2, 0) is 12.8 Å². The fraction of sp³-hybridized carbons (Fsp3) is 0.700. The molecular weight excluding hydrogens is 196 g/mol. The van der Waals surface area contributed by atoms with Crippen molar-refractivity contribution in [2.24, 2.45) is 0 Å². The average molecular weight is 214 g/mol. The van der Waals surface area contributed by atoms with Crippen molar-refractivity contribution in [2.75, 3.05) is 13.7 Å². The number of rotatable bonds is 6. The van der Waals surface area contributed by atoms with Crippen molar-refractivity contribution in [3.63, 3.8) is 0 Å². The summed E-state index contributed by atoms with van der Waals surface area (Å²) in [5.41, 5.74) is 1.16. The topological polar surface area (TPSA) is 45.1 Å². The van der Waals surface area contributed by atoms with Gasteiger partial charge in [-0.25, -0.2) is 4.98 Å². The van der Waals surface area contributed by atoms with Crippen LogP contribution in [-0.4, -0.2) is 29.8 Å². The van der Waals surface area contributed by atoms with Crippen LogP contribution in [0.1, 0.15) is 24.0 Å². The lowest BCUT2D eigenvalue weighted by molar-refractivity contribution is 0.288. The highest BCUT2D eigenvalue weighted by Crippen LogP contribution is 2.12. The molecule has 0 bridgehead atoms. The minimum atomic E-state index is 0.252. The quantitative estimate of drug-likeness (QED) is 0.748. The maximum atomic E-state index is 8.68. The second-order valence-electron chi connectivity index (χ2n) is 3.45. The standard InChI is InChI=1S/C10H18N2OS/c1-8(11-2)6-9-7-14-10(12-9)4-3-5-13/h7-8,11,13H,3-6H2,1-2H3. The van der Waals surface area contributed by atoms with Gasteiger partial charge in [-0.1, -0.05) is 0 Å². The molecule has 1 aromatic heterocycles. The zero-order chi connectivity index (χ0) is 10.4. The second-order valence-corrected chi connectivity index (χ2v) is 4.40. The van der Waals surface area contributed by atoms with Crippen LogP contribution >= 0.6 is 11.3 Å². The lowest BCUT2D eigenvalue weighted by Gasteiger charge is -2.06. The first-order valence-corrected chi connectivity index (χ1v) is 5.85. The summed E-state index contributed by atoms with van der Waals surface area (Å²) in [5, 5.41) is 15.1. The van der Waals surface area contributed by atoms with Crippen LogP contribution in [0.15, 0.2) is 5.38 Å². The van der Waals surface area contributed by atoms with E-state index in [1.807, 2.05) is 7.05 Å². The molecule has 0 aromatic carbocycles. The summed E-state index contributed by atoms with van der Waals surface area (Å²) in [7, 11) is 1.96. The fourth-order valence-electron chi connectivity index (χ4n) is 1.20. The predicted octanol–water partition coefficient (Wildman–Crippen LogP) is 1.22. The number of aliphatic hydroxyl groups is 1. The van der Waals surface area contributed by atoms with Gasteiger partial charge >= 0.3 is 0 Å². The van der Waals surface area contributed by atoms with Gasteiger partial charge in [0.1, 0.15) is 0 Å². The number of hydrogen-bond donors (Lipinski definition) is 2. The fourth-order valence-corrected chi connectivity index (χ4v) is 2.06. The first-order valence-electron chi connectivity index (χ1n) is 4.97. The van der Waals surface area contributed by atoms with Gasteiger partial charge in [0.15, 0.2) is 0 Å². The van der Waals surface area contributed by atoms with Crippen LogP contribution in [0.4, 0.5) is 0 Å². The summed E-state index contributed by atoms with van der Waals surface area (Å²) in [5.74, 6) is 0. The Bertz CT molecular complexity index is 262. The lowest BCUT2D eigenvalue weighted by Crippen LogP contribution is -2.23. The molecule has 4 heteroatoms. The zero-order valence-electron chi connectivity index (χ0n) is 8.79. The maximum absolute atomic E-state index is 8.68. The molecule has 0 saturated carbocycles. The van der Waals surface area contributed by atoms with E-state index in [2.05, 4.69) is 22.6 Å². The van der Waals surface area contributed by atoms with E-state index in [9.17, 15) is 0 Å². The molecule has 0 fully saturated rings. The van der Waals surface area contributed by atoms with Gasteiger partial charge in [-0.05, 0) is 20.4 Å². The smallest absolute Gasteiger partial charge is 0.0929 e. The Hall–Kier alpha value is -0.450. The first-order chi connectivity index (χ1) is 6.76. The Kier molecular flexibility index (Phi) is 5.07. The number of aliphatic hydroxyl groups excluding tert-OH is 1. The molecule has 1 aromatic rings. The number of thiazole rings is 1. The van der Waals surface area contributed by atoms with Crippen LogP contribution in [0.25, 0.3) is 0 Å². The van der Waals surface area contributed by atoms with Crippen molar-refractivity contribution in [1.82, 2.24) is 10.3 Å². The normalized spacial score (nSPS) is 13.1. The Balaban J connectivity index is 2.42. The van der Waals surface area contributed by atoms with Gasteiger partial charge in [-0.3, -0.25) is 0 Å². The lowest BCUT2D eigenvalue weighted by atomic mass is 10.2. The van der Waals surface area contributed by atoms with E-state index >= 15 is 0 Å². The Morgan fingerprint density at radius 2 is 2.43 bits per heavy atom. The summed E-state index contributed by atoms with van der Waals surface area (Å²) in [6.07, 6.45) is 2.69. The molecule has 1 heterocycles. The molecule has 1 atom stereocenters. The molecule has 0 spiro atoms. The third-order valence-electron chi connectivity index (χ3n) is 2.16. The minimum absolute atomic E-state index is 0.252. The highest BCUT2D eigenvalue weighted by Gasteiger charge is 2.05. The number of aromatic nitrogens is 1. The number of aryl methyl sites for hydroxylation is 1. The molecule has 2 N–H and O–H groups in total. The molecule has 0 amide bonds. The number of hydrogen-bond acceptors (Lipinski definition) is 4. The van der Waals surface area contributed by atoms with Crippen molar-refractivity contribution >= 4 is 11.3 Å². The molecule has 3 nitrogen and oxygen atoms in total. The summed E-state index contributed by atoms with van der Waals surface area (Å²) in [6, 6.07) is 0.475. The van der Waals surface area contributed by atoms with E-state index in [1.54, 1.807) is 11.3 Å². The van der Waals surface area contributed by atoms with E-state index in [0.717, 1.165) is 30.0 Å². The van der Waals surface area contributed by atoms with E-state index in [1.165, 1.54) is 0 Å². The second kappa shape index (κ2) is 6.11. The zero-order valence-corrected chi connectivity index (χ0v) is 9.60. The number of nitrogens with one attached hydrogen (secondary N) is 1. The van der Waals surface area contributed by atoms with Gasteiger partial charge in [0.25, 0.3) is 0 Å². The van der Waals surface area contributed by atoms with Crippen molar-refractivity contribution in [3.8, 4) is 0 Å². The Morgan fingerprint density at radius 1 is 1.64 bits per heavy atom. The predicted molar refractivity (Wildman–Crippen MR) is 59.7 cm³/mol. The van der Waals surface area contributed by atoms with Gasteiger partial charge in [-0.15, -0.1) is 11.3 Å². The van der Waals surface area contributed by atoms with Crippen molar-refractivity contribution in [2.45, 2.75) is 32.2 Å². The van der Waals surface area contributed by atoms with Gasteiger partial charge in [0, 0.05) is 30.9 Å². The van der Waals surface area contributed by atoms with Gasteiger partial charge in [-0.2, -0.15) is 0 Å². The molecule has 0 aliphatic rings. The number of nitrogens with zero attached hydrogens (tertiary/aromatic N) is 1. The van der Waals surface area contributed by atoms with Crippen molar-refractivity contribution < 1.29 is 5.11 Å². The molecule has 1 rings (SSSR count). The molecule has 0 aliphatic carbocycles. The third-order valence-corrected chi connectivity index (χ3v) is 3.11. The van der Waals surface area contributed by atoms with Crippen LogP contribution in [0.3, 0.4) is 0 Å². The molecular formula is C10H18N2OS.